The van der Waals surface area contributed by atoms with E-state index in [1.54, 1.807) is 7.11 Å². The van der Waals surface area contributed by atoms with E-state index in [0.29, 0.717) is 6.04 Å². The van der Waals surface area contributed by atoms with Gasteiger partial charge in [-0.3, -0.25) is 0 Å². The molecule has 1 N–H and O–H groups in total. The van der Waals surface area contributed by atoms with Crippen LogP contribution in [0.5, 0.6) is 5.75 Å². The minimum absolute atomic E-state index is 0.147. The quantitative estimate of drug-likeness (QED) is 0.906. The summed E-state index contributed by atoms with van der Waals surface area (Å²) in [6, 6.07) is 8.33. The standard InChI is InChI=1S/C13H18BrNO2/c1-3-15-11-8-12(13(11)16-2)17-10-6-4-5-9(14)7-10/h4-7,11-13,15H,3,8H2,1-2H3. The summed E-state index contributed by atoms with van der Waals surface area (Å²) in [5.41, 5.74) is 0. The fraction of sp³-hybridized carbons (Fsp3) is 0.538. The molecule has 0 spiro atoms. The second kappa shape index (κ2) is 5.85. The molecule has 0 heterocycles. The van der Waals surface area contributed by atoms with Gasteiger partial charge in [0.15, 0.2) is 0 Å². The third-order valence-electron chi connectivity index (χ3n) is 3.07. The van der Waals surface area contributed by atoms with Crippen molar-refractivity contribution in [2.24, 2.45) is 0 Å². The zero-order valence-corrected chi connectivity index (χ0v) is 11.7. The maximum Gasteiger partial charge on any atom is 0.128 e. The lowest BCUT2D eigenvalue weighted by Gasteiger charge is -2.43. The highest BCUT2D eigenvalue weighted by Gasteiger charge is 2.42. The third-order valence-corrected chi connectivity index (χ3v) is 3.56. The molecule has 1 aromatic rings. The van der Waals surface area contributed by atoms with E-state index in [4.69, 9.17) is 9.47 Å². The number of hydrogen-bond acceptors (Lipinski definition) is 3. The molecule has 1 aliphatic carbocycles. The number of benzene rings is 1. The lowest BCUT2D eigenvalue weighted by atomic mass is 9.85. The number of nitrogens with one attached hydrogen (secondary N) is 1. The molecule has 4 heteroatoms. The molecule has 1 saturated carbocycles. The fourth-order valence-electron chi connectivity index (χ4n) is 2.19. The van der Waals surface area contributed by atoms with Gasteiger partial charge in [-0.15, -0.1) is 0 Å². The van der Waals surface area contributed by atoms with Gasteiger partial charge in [-0.05, 0) is 24.7 Å². The van der Waals surface area contributed by atoms with Crippen molar-refractivity contribution in [3.63, 3.8) is 0 Å². The van der Waals surface area contributed by atoms with Gasteiger partial charge in [0.25, 0.3) is 0 Å². The van der Waals surface area contributed by atoms with Crippen LogP contribution in [-0.2, 0) is 4.74 Å². The van der Waals surface area contributed by atoms with Gasteiger partial charge in [-0.1, -0.05) is 28.9 Å². The Kier molecular flexibility index (Phi) is 4.42. The molecule has 0 aromatic heterocycles. The summed E-state index contributed by atoms with van der Waals surface area (Å²) in [7, 11) is 1.74. The summed E-state index contributed by atoms with van der Waals surface area (Å²) < 4.78 is 12.4. The van der Waals surface area contributed by atoms with E-state index in [9.17, 15) is 0 Å². The maximum atomic E-state index is 5.92. The van der Waals surface area contributed by atoms with Crippen molar-refractivity contribution < 1.29 is 9.47 Å². The highest BCUT2D eigenvalue weighted by atomic mass is 79.9. The average Bonchev–Trinajstić information content (AvgIpc) is 2.28. The fourth-order valence-corrected chi connectivity index (χ4v) is 2.57. The van der Waals surface area contributed by atoms with Crippen molar-refractivity contribution in [1.82, 2.24) is 5.32 Å². The minimum atomic E-state index is 0.147. The van der Waals surface area contributed by atoms with Crippen LogP contribution in [0.25, 0.3) is 0 Å². The van der Waals surface area contributed by atoms with Crippen LogP contribution in [0.15, 0.2) is 28.7 Å². The molecule has 0 bridgehead atoms. The van der Waals surface area contributed by atoms with Gasteiger partial charge >= 0.3 is 0 Å². The van der Waals surface area contributed by atoms with Crippen LogP contribution in [0.1, 0.15) is 13.3 Å². The van der Waals surface area contributed by atoms with Gasteiger partial charge < -0.3 is 14.8 Å². The van der Waals surface area contributed by atoms with Crippen molar-refractivity contribution >= 4 is 15.9 Å². The van der Waals surface area contributed by atoms with Crippen LogP contribution >= 0.6 is 15.9 Å². The Balaban J connectivity index is 1.92. The van der Waals surface area contributed by atoms with Crippen molar-refractivity contribution in [3.05, 3.63) is 28.7 Å². The van der Waals surface area contributed by atoms with Crippen molar-refractivity contribution in [2.45, 2.75) is 31.6 Å². The molecular weight excluding hydrogens is 282 g/mol. The molecule has 0 radical (unpaired) electrons. The lowest BCUT2D eigenvalue weighted by Crippen LogP contribution is -2.60. The van der Waals surface area contributed by atoms with Crippen LogP contribution in [0.4, 0.5) is 0 Å². The van der Waals surface area contributed by atoms with Crippen LogP contribution in [0.3, 0.4) is 0 Å². The Morgan fingerprint density at radius 2 is 2.29 bits per heavy atom. The van der Waals surface area contributed by atoms with Crippen LogP contribution in [0, 0.1) is 0 Å². The molecule has 3 unspecified atom stereocenters. The lowest BCUT2D eigenvalue weighted by molar-refractivity contribution is -0.0884. The highest BCUT2D eigenvalue weighted by Crippen LogP contribution is 2.29. The largest absolute Gasteiger partial charge is 0.488 e. The summed E-state index contributed by atoms with van der Waals surface area (Å²) in [6.07, 6.45) is 1.30. The minimum Gasteiger partial charge on any atom is -0.488 e. The van der Waals surface area contributed by atoms with Gasteiger partial charge in [0.05, 0.1) is 0 Å². The summed E-state index contributed by atoms with van der Waals surface area (Å²) in [5, 5.41) is 3.40. The first-order valence-corrected chi connectivity index (χ1v) is 6.72. The van der Waals surface area contributed by atoms with Gasteiger partial charge in [0.1, 0.15) is 18.0 Å². The van der Waals surface area contributed by atoms with Gasteiger partial charge in [0, 0.05) is 24.0 Å². The first-order chi connectivity index (χ1) is 8.24. The van der Waals surface area contributed by atoms with Crippen LogP contribution in [0.2, 0.25) is 0 Å². The molecule has 1 aliphatic rings. The Bertz CT molecular complexity index is 372. The van der Waals surface area contributed by atoms with Gasteiger partial charge in [-0.25, -0.2) is 0 Å². The topological polar surface area (TPSA) is 30.5 Å². The molecule has 17 heavy (non-hydrogen) atoms. The Hall–Kier alpha value is -0.580. The smallest absolute Gasteiger partial charge is 0.128 e. The molecule has 2 rings (SSSR count). The number of methoxy groups -OCH3 is 1. The second-order valence-corrected chi connectivity index (χ2v) is 5.13. The Morgan fingerprint density at radius 3 is 2.94 bits per heavy atom. The summed E-state index contributed by atoms with van der Waals surface area (Å²) in [5.74, 6) is 0.890. The number of likely N-dealkylation sites (N-methyl/N-ethyl adjacent to an activating group) is 1. The molecule has 0 saturated heterocycles. The van der Waals surface area contributed by atoms with Crippen LogP contribution < -0.4 is 10.1 Å². The molecule has 3 atom stereocenters. The first kappa shape index (κ1) is 12.9. The second-order valence-electron chi connectivity index (χ2n) is 4.21. The Labute approximate surface area is 111 Å². The van der Waals surface area contributed by atoms with E-state index >= 15 is 0 Å². The van der Waals surface area contributed by atoms with E-state index in [1.165, 1.54) is 0 Å². The summed E-state index contributed by atoms with van der Waals surface area (Å²) in [6.45, 7) is 3.07. The first-order valence-electron chi connectivity index (χ1n) is 5.93. The Morgan fingerprint density at radius 1 is 1.47 bits per heavy atom. The predicted molar refractivity (Wildman–Crippen MR) is 71.4 cm³/mol. The predicted octanol–water partition coefficient (Wildman–Crippen LogP) is 2.59. The van der Waals surface area contributed by atoms with Crippen molar-refractivity contribution in [3.8, 4) is 5.75 Å². The SMILES string of the molecule is CCNC1CC(Oc2cccc(Br)c2)C1OC. The van der Waals surface area contributed by atoms with Crippen molar-refractivity contribution in [2.75, 3.05) is 13.7 Å². The molecular formula is C13H18BrNO2. The zero-order valence-electron chi connectivity index (χ0n) is 10.2. The van der Waals surface area contributed by atoms with Gasteiger partial charge in [0.2, 0.25) is 0 Å². The normalized spacial score (nSPS) is 27.6. The van der Waals surface area contributed by atoms with Gasteiger partial charge in [-0.2, -0.15) is 0 Å². The number of ether oxygens (including phenoxy) is 2. The maximum absolute atomic E-state index is 5.92. The molecule has 3 nitrogen and oxygen atoms in total. The van der Waals surface area contributed by atoms with E-state index in [0.717, 1.165) is 23.2 Å². The van der Waals surface area contributed by atoms with Crippen molar-refractivity contribution in [1.29, 1.82) is 0 Å². The molecule has 0 amide bonds. The van der Waals surface area contributed by atoms with E-state index in [1.807, 2.05) is 24.3 Å². The number of rotatable bonds is 5. The molecule has 1 aromatic carbocycles. The van der Waals surface area contributed by atoms with Crippen LogP contribution in [-0.4, -0.2) is 31.9 Å². The molecule has 1 fully saturated rings. The van der Waals surface area contributed by atoms with E-state index in [2.05, 4.69) is 28.2 Å². The summed E-state index contributed by atoms with van der Waals surface area (Å²) in [4.78, 5) is 0. The zero-order chi connectivity index (χ0) is 12.3. The molecule has 94 valence electrons. The average molecular weight is 300 g/mol. The molecule has 0 aliphatic heterocycles. The third kappa shape index (κ3) is 3.00. The van der Waals surface area contributed by atoms with E-state index < -0.39 is 0 Å². The number of hydrogen-bond donors (Lipinski definition) is 1. The highest BCUT2D eigenvalue weighted by molar-refractivity contribution is 9.10. The van der Waals surface area contributed by atoms with E-state index in [-0.39, 0.29) is 12.2 Å². The summed E-state index contributed by atoms with van der Waals surface area (Å²) >= 11 is 3.44. The monoisotopic (exact) mass is 299 g/mol. The number of halogens is 1.